The molecular formula is C18H19N3O2S. The second kappa shape index (κ2) is 6.75. The third kappa shape index (κ3) is 3.34. The molecule has 1 aromatic carbocycles. The number of anilines is 1. The normalized spacial score (nSPS) is 20.9. The van der Waals surface area contributed by atoms with Crippen LogP contribution in [0.2, 0.25) is 0 Å². The van der Waals surface area contributed by atoms with Gasteiger partial charge in [0.15, 0.2) is 5.13 Å². The monoisotopic (exact) mass is 341 g/mol. The van der Waals surface area contributed by atoms with Gasteiger partial charge in [0.25, 0.3) is 0 Å². The van der Waals surface area contributed by atoms with Crippen LogP contribution in [0.1, 0.15) is 25.7 Å². The van der Waals surface area contributed by atoms with Crippen molar-refractivity contribution >= 4 is 26.7 Å². The zero-order valence-electron chi connectivity index (χ0n) is 13.2. The number of aliphatic hydroxyl groups is 1. The average Bonchev–Trinajstić information content (AvgIpc) is 2.99. The molecule has 0 saturated heterocycles. The fourth-order valence-electron chi connectivity index (χ4n) is 3.01. The number of rotatable bonds is 4. The first kappa shape index (κ1) is 15.4. The first-order chi connectivity index (χ1) is 11.8. The topological polar surface area (TPSA) is 67.3 Å². The maximum absolute atomic E-state index is 10.1. The molecule has 3 aromatic rings. The molecule has 1 aliphatic rings. The second-order valence-corrected chi connectivity index (χ2v) is 7.07. The summed E-state index contributed by atoms with van der Waals surface area (Å²) in [5.41, 5.74) is 0.936. The van der Waals surface area contributed by atoms with Gasteiger partial charge < -0.3 is 15.2 Å². The Kier molecular flexibility index (Phi) is 4.32. The number of ether oxygens (including phenoxy) is 1. The standard InChI is InChI=1S/C18H19N3O2S/c22-16-6-2-1-5-14(16)20-18-21-15-8-7-12(10-17(15)24-18)23-13-4-3-9-19-11-13/h3-4,7-11,14,16,22H,1-2,5-6H2,(H,20,21)/t14?,16-/m1/s1. The zero-order chi connectivity index (χ0) is 16.4. The first-order valence-corrected chi connectivity index (χ1v) is 9.03. The van der Waals surface area contributed by atoms with E-state index in [1.54, 1.807) is 23.7 Å². The predicted octanol–water partition coefficient (Wildman–Crippen LogP) is 4.20. The van der Waals surface area contributed by atoms with Crippen LogP contribution in [0.3, 0.4) is 0 Å². The minimum absolute atomic E-state index is 0.102. The summed E-state index contributed by atoms with van der Waals surface area (Å²) >= 11 is 1.59. The van der Waals surface area contributed by atoms with Crippen LogP contribution in [-0.4, -0.2) is 27.2 Å². The van der Waals surface area contributed by atoms with E-state index in [-0.39, 0.29) is 12.1 Å². The number of pyridine rings is 1. The molecule has 0 spiro atoms. The van der Waals surface area contributed by atoms with E-state index < -0.39 is 0 Å². The highest BCUT2D eigenvalue weighted by Gasteiger charge is 2.23. The maximum Gasteiger partial charge on any atom is 0.184 e. The SMILES string of the molecule is O[C@@H]1CCCCC1Nc1nc2ccc(Oc3cccnc3)cc2s1. The van der Waals surface area contributed by atoms with Crippen molar-refractivity contribution in [2.45, 2.75) is 37.8 Å². The van der Waals surface area contributed by atoms with Gasteiger partial charge in [0.05, 0.1) is 28.6 Å². The number of nitrogens with zero attached hydrogens (tertiary/aromatic N) is 2. The van der Waals surface area contributed by atoms with Crippen molar-refractivity contribution in [1.29, 1.82) is 0 Å². The predicted molar refractivity (Wildman–Crippen MR) is 95.8 cm³/mol. The van der Waals surface area contributed by atoms with E-state index in [1.807, 2.05) is 30.3 Å². The Morgan fingerprint density at radius 3 is 2.92 bits per heavy atom. The van der Waals surface area contributed by atoms with Crippen LogP contribution in [-0.2, 0) is 0 Å². The molecular weight excluding hydrogens is 322 g/mol. The molecule has 0 radical (unpaired) electrons. The van der Waals surface area contributed by atoms with E-state index in [2.05, 4.69) is 15.3 Å². The van der Waals surface area contributed by atoms with Crippen molar-refractivity contribution in [2.75, 3.05) is 5.32 Å². The van der Waals surface area contributed by atoms with Gasteiger partial charge in [-0.3, -0.25) is 4.98 Å². The van der Waals surface area contributed by atoms with Crippen LogP contribution in [0.15, 0.2) is 42.7 Å². The van der Waals surface area contributed by atoms with E-state index in [0.717, 1.165) is 46.8 Å². The third-order valence-corrected chi connectivity index (χ3v) is 5.22. The van der Waals surface area contributed by atoms with Crippen molar-refractivity contribution in [3.05, 3.63) is 42.7 Å². The van der Waals surface area contributed by atoms with Crippen molar-refractivity contribution in [2.24, 2.45) is 0 Å². The first-order valence-electron chi connectivity index (χ1n) is 8.21. The zero-order valence-corrected chi connectivity index (χ0v) is 14.0. The van der Waals surface area contributed by atoms with Gasteiger partial charge in [-0.1, -0.05) is 24.2 Å². The summed E-state index contributed by atoms with van der Waals surface area (Å²) in [6.45, 7) is 0. The third-order valence-electron chi connectivity index (χ3n) is 4.27. The fraction of sp³-hybridized carbons (Fsp3) is 0.333. The highest BCUT2D eigenvalue weighted by atomic mass is 32.1. The number of hydrogen-bond acceptors (Lipinski definition) is 6. The van der Waals surface area contributed by atoms with E-state index in [9.17, 15) is 5.11 Å². The minimum atomic E-state index is -0.282. The summed E-state index contributed by atoms with van der Waals surface area (Å²) in [7, 11) is 0. The van der Waals surface area contributed by atoms with E-state index in [4.69, 9.17) is 4.74 Å². The molecule has 2 atom stereocenters. The molecule has 6 heteroatoms. The quantitative estimate of drug-likeness (QED) is 0.744. The average molecular weight is 341 g/mol. The Labute approximate surface area is 144 Å². The van der Waals surface area contributed by atoms with Gasteiger partial charge in [0.1, 0.15) is 11.5 Å². The van der Waals surface area contributed by atoms with Crippen LogP contribution in [0.25, 0.3) is 10.2 Å². The van der Waals surface area contributed by atoms with Gasteiger partial charge in [-0.25, -0.2) is 4.98 Å². The molecule has 0 amide bonds. The lowest BCUT2D eigenvalue weighted by molar-refractivity contribution is 0.116. The minimum Gasteiger partial charge on any atom is -0.456 e. The van der Waals surface area contributed by atoms with E-state index >= 15 is 0 Å². The molecule has 1 aliphatic carbocycles. The van der Waals surface area contributed by atoms with Crippen molar-refractivity contribution in [1.82, 2.24) is 9.97 Å². The van der Waals surface area contributed by atoms with Crippen LogP contribution in [0.5, 0.6) is 11.5 Å². The van der Waals surface area contributed by atoms with Gasteiger partial charge in [-0.15, -0.1) is 0 Å². The van der Waals surface area contributed by atoms with Crippen LogP contribution < -0.4 is 10.1 Å². The fourth-order valence-corrected chi connectivity index (χ4v) is 3.97. The van der Waals surface area contributed by atoms with Crippen molar-refractivity contribution in [3.8, 4) is 11.5 Å². The van der Waals surface area contributed by atoms with Gasteiger partial charge in [-0.2, -0.15) is 0 Å². The number of aliphatic hydroxyl groups excluding tert-OH is 1. The lowest BCUT2D eigenvalue weighted by Crippen LogP contribution is -2.36. The molecule has 4 rings (SSSR count). The van der Waals surface area contributed by atoms with Crippen molar-refractivity contribution in [3.63, 3.8) is 0 Å². The highest BCUT2D eigenvalue weighted by molar-refractivity contribution is 7.22. The molecule has 5 nitrogen and oxygen atoms in total. The molecule has 2 aromatic heterocycles. The number of benzene rings is 1. The summed E-state index contributed by atoms with van der Waals surface area (Å²) in [6, 6.07) is 9.68. The van der Waals surface area contributed by atoms with Gasteiger partial charge >= 0.3 is 0 Å². The molecule has 124 valence electrons. The molecule has 2 heterocycles. The number of fused-ring (bicyclic) bond motifs is 1. The van der Waals surface area contributed by atoms with E-state index in [1.165, 1.54) is 0 Å². The highest BCUT2D eigenvalue weighted by Crippen LogP contribution is 2.32. The maximum atomic E-state index is 10.1. The van der Waals surface area contributed by atoms with Crippen molar-refractivity contribution < 1.29 is 9.84 Å². The molecule has 1 fully saturated rings. The summed E-state index contributed by atoms with van der Waals surface area (Å²) in [5.74, 6) is 1.48. The number of hydrogen-bond donors (Lipinski definition) is 2. The number of thiazole rings is 1. The Morgan fingerprint density at radius 2 is 2.08 bits per heavy atom. The van der Waals surface area contributed by atoms with Crippen LogP contribution >= 0.6 is 11.3 Å². The van der Waals surface area contributed by atoms with Crippen LogP contribution in [0, 0.1) is 0 Å². The Morgan fingerprint density at radius 1 is 1.17 bits per heavy atom. The van der Waals surface area contributed by atoms with Gasteiger partial charge in [-0.05, 0) is 37.1 Å². The summed E-state index contributed by atoms with van der Waals surface area (Å²) < 4.78 is 6.88. The summed E-state index contributed by atoms with van der Waals surface area (Å²) in [5, 5.41) is 14.4. The number of aromatic nitrogens is 2. The second-order valence-electron chi connectivity index (χ2n) is 6.04. The molecule has 1 saturated carbocycles. The van der Waals surface area contributed by atoms with Gasteiger partial charge in [0.2, 0.25) is 0 Å². The molecule has 24 heavy (non-hydrogen) atoms. The summed E-state index contributed by atoms with van der Waals surface area (Å²) in [6.07, 6.45) is 7.25. The molecule has 0 aliphatic heterocycles. The van der Waals surface area contributed by atoms with E-state index in [0.29, 0.717) is 5.75 Å². The largest absolute Gasteiger partial charge is 0.456 e. The Balaban J connectivity index is 1.52. The summed E-state index contributed by atoms with van der Waals surface area (Å²) in [4.78, 5) is 8.67. The molecule has 0 bridgehead atoms. The smallest absolute Gasteiger partial charge is 0.184 e. The molecule has 1 unspecified atom stereocenters. The Hall–Kier alpha value is -2.18. The van der Waals surface area contributed by atoms with Gasteiger partial charge in [0, 0.05) is 12.3 Å². The number of nitrogens with one attached hydrogen (secondary N) is 1. The van der Waals surface area contributed by atoms with Crippen LogP contribution in [0.4, 0.5) is 5.13 Å². The lowest BCUT2D eigenvalue weighted by atomic mass is 9.93. The Bertz CT molecular complexity index is 822. The molecule has 2 N–H and O–H groups in total. The lowest BCUT2D eigenvalue weighted by Gasteiger charge is -2.27.